The highest BCUT2D eigenvalue weighted by molar-refractivity contribution is 5.45. The Morgan fingerprint density at radius 1 is 1.31 bits per heavy atom. The summed E-state index contributed by atoms with van der Waals surface area (Å²) in [6.07, 6.45) is -7.89. The van der Waals surface area contributed by atoms with E-state index < -0.39 is 41.8 Å². The van der Waals surface area contributed by atoms with Crippen molar-refractivity contribution in [1.29, 1.82) is 0 Å². The summed E-state index contributed by atoms with van der Waals surface area (Å²) in [6, 6.07) is 0.287. The lowest BCUT2D eigenvalue weighted by Gasteiger charge is -2.14. The van der Waals surface area contributed by atoms with Crippen LogP contribution in [0.15, 0.2) is 6.07 Å². The van der Waals surface area contributed by atoms with Crippen LogP contribution in [0.3, 0.4) is 0 Å². The molecule has 1 aromatic heterocycles. The molecule has 0 atom stereocenters. The third kappa shape index (κ3) is 2.38. The molecular formula is C8H8F5N3. The molecule has 90 valence electrons. The van der Waals surface area contributed by atoms with E-state index in [4.69, 9.17) is 11.5 Å². The van der Waals surface area contributed by atoms with Gasteiger partial charge in [0.1, 0.15) is 5.82 Å². The van der Waals surface area contributed by atoms with Gasteiger partial charge in [0, 0.05) is 6.54 Å². The number of nitrogens with two attached hydrogens (primary N) is 2. The highest BCUT2D eigenvalue weighted by Gasteiger charge is 2.35. The zero-order chi connectivity index (χ0) is 12.5. The van der Waals surface area contributed by atoms with Crippen molar-refractivity contribution >= 4 is 5.82 Å². The standard InChI is InChI=1S/C8H8F5N3/c9-6(10)3-1-4(8(11,12)13)5(2-14)16-7(3)15/h1,6H,2,14H2,(H2,15,16). The minimum Gasteiger partial charge on any atom is -0.383 e. The molecule has 0 fully saturated rings. The van der Waals surface area contributed by atoms with Crippen LogP contribution in [0.25, 0.3) is 0 Å². The van der Waals surface area contributed by atoms with Gasteiger partial charge in [-0.3, -0.25) is 0 Å². The molecule has 1 heterocycles. The van der Waals surface area contributed by atoms with E-state index in [-0.39, 0.29) is 6.07 Å². The number of anilines is 1. The Morgan fingerprint density at radius 3 is 2.25 bits per heavy atom. The zero-order valence-electron chi connectivity index (χ0n) is 7.85. The lowest BCUT2D eigenvalue weighted by atomic mass is 10.1. The fourth-order valence-corrected chi connectivity index (χ4v) is 1.16. The normalized spacial score (nSPS) is 12.2. The predicted molar refractivity (Wildman–Crippen MR) is 46.5 cm³/mol. The van der Waals surface area contributed by atoms with Crippen molar-refractivity contribution in [3.05, 3.63) is 22.9 Å². The largest absolute Gasteiger partial charge is 0.418 e. The summed E-state index contributed by atoms with van der Waals surface area (Å²) in [5.41, 5.74) is 7.37. The summed E-state index contributed by atoms with van der Waals surface area (Å²) in [4.78, 5) is 3.23. The lowest BCUT2D eigenvalue weighted by Crippen LogP contribution is -2.16. The Bertz CT molecular complexity index is 388. The van der Waals surface area contributed by atoms with Crippen LogP contribution >= 0.6 is 0 Å². The molecule has 0 unspecified atom stereocenters. The first-order valence-electron chi connectivity index (χ1n) is 4.12. The van der Waals surface area contributed by atoms with E-state index in [1.54, 1.807) is 0 Å². The van der Waals surface area contributed by atoms with E-state index in [9.17, 15) is 22.0 Å². The number of nitrogens with zero attached hydrogens (tertiary/aromatic N) is 1. The van der Waals surface area contributed by atoms with Crippen LogP contribution in [0.1, 0.15) is 23.2 Å². The van der Waals surface area contributed by atoms with E-state index in [1.165, 1.54) is 0 Å². The number of hydrogen-bond donors (Lipinski definition) is 2. The number of alkyl halides is 5. The first-order valence-corrected chi connectivity index (χ1v) is 4.12. The molecule has 0 aliphatic heterocycles. The molecule has 0 aromatic carbocycles. The quantitative estimate of drug-likeness (QED) is 0.779. The van der Waals surface area contributed by atoms with Gasteiger partial charge < -0.3 is 11.5 Å². The average Bonchev–Trinajstić information content (AvgIpc) is 2.14. The third-order valence-corrected chi connectivity index (χ3v) is 1.90. The van der Waals surface area contributed by atoms with Crippen molar-refractivity contribution in [1.82, 2.24) is 4.98 Å². The van der Waals surface area contributed by atoms with Crippen LogP contribution in [-0.4, -0.2) is 4.98 Å². The molecule has 0 saturated carbocycles. The van der Waals surface area contributed by atoms with E-state index in [0.29, 0.717) is 0 Å². The Kier molecular flexibility index (Phi) is 3.32. The monoisotopic (exact) mass is 241 g/mol. The topological polar surface area (TPSA) is 64.9 Å². The zero-order valence-corrected chi connectivity index (χ0v) is 7.85. The molecule has 0 spiro atoms. The average molecular weight is 241 g/mol. The molecule has 4 N–H and O–H groups in total. The van der Waals surface area contributed by atoms with Crippen molar-refractivity contribution in [2.24, 2.45) is 5.73 Å². The van der Waals surface area contributed by atoms with Gasteiger partial charge in [-0.2, -0.15) is 13.2 Å². The molecule has 3 nitrogen and oxygen atoms in total. The molecule has 1 aromatic rings. The molecule has 1 rings (SSSR count). The summed E-state index contributed by atoms with van der Waals surface area (Å²) >= 11 is 0. The van der Waals surface area contributed by atoms with Gasteiger partial charge in [0.2, 0.25) is 0 Å². The van der Waals surface area contributed by atoms with Crippen LogP contribution in [0, 0.1) is 0 Å². The van der Waals surface area contributed by atoms with Gasteiger partial charge in [-0.1, -0.05) is 0 Å². The van der Waals surface area contributed by atoms with Crippen LogP contribution in [0.5, 0.6) is 0 Å². The molecule has 0 radical (unpaired) electrons. The van der Waals surface area contributed by atoms with E-state index in [0.717, 1.165) is 0 Å². The predicted octanol–water partition coefficient (Wildman–Crippen LogP) is 2.08. The van der Waals surface area contributed by atoms with Crippen LogP contribution in [0.4, 0.5) is 27.8 Å². The highest BCUT2D eigenvalue weighted by Crippen LogP contribution is 2.35. The Hall–Kier alpha value is -1.44. The van der Waals surface area contributed by atoms with Crippen molar-refractivity contribution in [2.75, 3.05) is 5.73 Å². The summed E-state index contributed by atoms with van der Waals surface area (Å²) in [5.74, 6) is -0.636. The molecule has 0 aliphatic carbocycles. The molecule has 8 heteroatoms. The lowest BCUT2D eigenvalue weighted by molar-refractivity contribution is -0.138. The first-order chi connectivity index (χ1) is 7.27. The van der Waals surface area contributed by atoms with Crippen molar-refractivity contribution < 1.29 is 22.0 Å². The van der Waals surface area contributed by atoms with E-state index >= 15 is 0 Å². The molecular weight excluding hydrogens is 233 g/mol. The maximum Gasteiger partial charge on any atom is 0.418 e. The third-order valence-electron chi connectivity index (χ3n) is 1.90. The Morgan fingerprint density at radius 2 is 1.88 bits per heavy atom. The smallest absolute Gasteiger partial charge is 0.383 e. The number of pyridine rings is 1. The molecule has 0 aliphatic rings. The maximum atomic E-state index is 12.4. The van der Waals surface area contributed by atoms with Crippen molar-refractivity contribution in [3.63, 3.8) is 0 Å². The van der Waals surface area contributed by atoms with Gasteiger partial charge in [0.05, 0.1) is 16.8 Å². The van der Waals surface area contributed by atoms with Gasteiger partial charge >= 0.3 is 6.18 Å². The van der Waals surface area contributed by atoms with Gasteiger partial charge in [-0.05, 0) is 6.07 Å². The van der Waals surface area contributed by atoms with Crippen LogP contribution < -0.4 is 11.5 Å². The SMILES string of the molecule is NCc1nc(N)c(C(F)F)cc1C(F)(F)F. The van der Waals surface area contributed by atoms with Gasteiger partial charge in [-0.15, -0.1) is 0 Å². The summed E-state index contributed by atoms with van der Waals surface area (Å²) in [5, 5.41) is 0. The number of halogens is 5. The van der Waals surface area contributed by atoms with Crippen molar-refractivity contribution in [2.45, 2.75) is 19.1 Å². The van der Waals surface area contributed by atoms with Gasteiger partial charge in [-0.25, -0.2) is 13.8 Å². The minimum atomic E-state index is -4.78. The molecule has 16 heavy (non-hydrogen) atoms. The Labute approximate surface area is 87.3 Å². The van der Waals surface area contributed by atoms with Crippen LogP contribution in [-0.2, 0) is 12.7 Å². The van der Waals surface area contributed by atoms with Gasteiger partial charge in [0.25, 0.3) is 6.43 Å². The van der Waals surface area contributed by atoms with Crippen LogP contribution in [0.2, 0.25) is 0 Å². The van der Waals surface area contributed by atoms with Crippen molar-refractivity contribution in [3.8, 4) is 0 Å². The number of nitrogen functional groups attached to an aromatic ring is 1. The number of rotatable bonds is 2. The highest BCUT2D eigenvalue weighted by atomic mass is 19.4. The second kappa shape index (κ2) is 4.20. The molecule has 0 amide bonds. The second-order valence-electron chi connectivity index (χ2n) is 2.96. The molecule has 0 bridgehead atoms. The first kappa shape index (κ1) is 12.6. The molecule has 0 saturated heterocycles. The Balaban J connectivity index is 3.41. The fourth-order valence-electron chi connectivity index (χ4n) is 1.16. The van der Waals surface area contributed by atoms with E-state index in [2.05, 4.69) is 4.98 Å². The van der Waals surface area contributed by atoms with E-state index in [1.807, 2.05) is 0 Å². The second-order valence-corrected chi connectivity index (χ2v) is 2.96. The number of hydrogen-bond acceptors (Lipinski definition) is 3. The minimum absolute atomic E-state index is 0.287. The summed E-state index contributed by atoms with van der Waals surface area (Å²) < 4.78 is 61.9. The summed E-state index contributed by atoms with van der Waals surface area (Å²) in [7, 11) is 0. The fraction of sp³-hybridized carbons (Fsp3) is 0.375. The number of aromatic nitrogens is 1. The maximum absolute atomic E-state index is 12.4. The van der Waals surface area contributed by atoms with Gasteiger partial charge in [0.15, 0.2) is 0 Å². The summed E-state index contributed by atoms with van der Waals surface area (Å²) in [6.45, 7) is -0.525.